The van der Waals surface area contributed by atoms with Crippen molar-refractivity contribution in [2.75, 3.05) is 5.73 Å². The number of carbonyl (C=O) groups is 1. The number of anilines is 1. The zero-order chi connectivity index (χ0) is 15.1. The normalized spacial score (nSPS) is 10.5. The molecular formula is C16H13BrFNO3. The number of benzene rings is 2. The fourth-order valence-electron chi connectivity index (χ4n) is 2.15. The van der Waals surface area contributed by atoms with Gasteiger partial charge in [0.1, 0.15) is 22.7 Å². The van der Waals surface area contributed by atoms with Gasteiger partial charge in [-0.1, -0.05) is 7.43 Å². The monoisotopic (exact) mass is 365 g/mol. The van der Waals surface area contributed by atoms with Crippen LogP contribution in [0.4, 0.5) is 10.1 Å². The Morgan fingerprint density at radius 3 is 2.45 bits per heavy atom. The van der Waals surface area contributed by atoms with E-state index in [0.717, 1.165) is 0 Å². The summed E-state index contributed by atoms with van der Waals surface area (Å²) in [5.41, 5.74) is 7.10. The fourth-order valence-corrected chi connectivity index (χ4v) is 2.49. The van der Waals surface area contributed by atoms with Crippen LogP contribution in [0.1, 0.15) is 17.8 Å². The van der Waals surface area contributed by atoms with E-state index in [1.54, 1.807) is 12.1 Å². The van der Waals surface area contributed by atoms with Crippen molar-refractivity contribution in [3.05, 3.63) is 52.3 Å². The lowest BCUT2D eigenvalue weighted by atomic mass is 10.1. The minimum Gasteiger partial charge on any atom is -0.478 e. The number of nitrogen functional groups attached to an aromatic ring is 1. The van der Waals surface area contributed by atoms with Gasteiger partial charge in [-0.2, -0.15) is 0 Å². The molecule has 0 amide bonds. The number of hydrogen-bond acceptors (Lipinski definition) is 3. The van der Waals surface area contributed by atoms with Crippen molar-refractivity contribution in [2.45, 2.75) is 7.43 Å². The van der Waals surface area contributed by atoms with Gasteiger partial charge in [0.25, 0.3) is 0 Å². The molecule has 114 valence electrons. The van der Waals surface area contributed by atoms with Crippen LogP contribution < -0.4 is 5.73 Å². The molecule has 0 fully saturated rings. The second kappa shape index (κ2) is 5.81. The molecule has 22 heavy (non-hydrogen) atoms. The highest BCUT2D eigenvalue weighted by molar-refractivity contribution is 9.10. The van der Waals surface area contributed by atoms with Crippen molar-refractivity contribution in [3.8, 4) is 11.3 Å². The van der Waals surface area contributed by atoms with Gasteiger partial charge < -0.3 is 15.3 Å². The van der Waals surface area contributed by atoms with E-state index in [9.17, 15) is 14.3 Å². The minimum absolute atomic E-state index is 0. The van der Waals surface area contributed by atoms with Crippen LogP contribution in [0.3, 0.4) is 0 Å². The number of rotatable bonds is 2. The Labute approximate surface area is 134 Å². The first-order valence-corrected chi connectivity index (χ1v) is 6.77. The fraction of sp³-hybridized carbons (Fsp3) is 0.0625. The molecule has 1 aromatic heterocycles. The Kier molecular flexibility index (Phi) is 4.23. The maximum atomic E-state index is 13.0. The lowest BCUT2D eigenvalue weighted by Crippen LogP contribution is -1.97. The van der Waals surface area contributed by atoms with E-state index in [1.807, 2.05) is 0 Å². The standard InChI is InChI=1S/C15H9BrFNO3.CH4/c16-10-5-9-12(6-11(10)18)21-14(13(9)15(19)20)7-1-3-8(17)4-2-7;/h1-6H,18H2,(H,19,20);1H4. The van der Waals surface area contributed by atoms with E-state index in [4.69, 9.17) is 10.2 Å². The zero-order valence-electron chi connectivity index (χ0n) is 10.6. The largest absolute Gasteiger partial charge is 0.478 e. The summed E-state index contributed by atoms with van der Waals surface area (Å²) in [6.07, 6.45) is 0. The summed E-state index contributed by atoms with van der Waals surface area (Å²) >= 11 is 3.27. The van der Waals surface area contributed by atoms with Crippen LogP contribution in [0.15, 0.2) is 45.3 Å². The molecule has 0 aliphatic carbocycles. The number of nitrogens with two attached hydrogens (primary N) is 1. The van der Waals surface area contributed by atoms with Gasteiger partial charge in [-0.15, -0.1) is 0 Å². The highest BCUT2D eigenvalue weighted by Crippen LogP contribution is 2.37. The molecule has 0 aliphatic rings. The Morgan fingerprint density at radius 2 is 1.86 bits per heavy atom. The van der Waals surface area contributed by atoms with E-state index in [0.29, 0.717) is 26.7 Å². The molecule has 4 nitrogen and oxygen atoms in total. The molecule has 3 N–H and O–H groups in total. The Balaban J connectivity index is 0.00000176. The summed E-state index contributed by atoms with van der Waals surface area (Å²) in [7, 11) is 0. The molecule has 0 bridgehead atoms. The summed E-state index contributed by atoms with van der Waals surface area (Å²) in [5, 5.41) is 9.88. The third kappa shape index (κ3) is 2.57. The summed E-state index contributed by atoms with van der Waals surface area (Å²) in [6.45, 7) is 0. The first-order chi connectivity index (χ1) is 9.97. The zero-order valence-corrected chi connectivity index (χ0v) is 12.1. The molecule has 1 heterocycles. The van der Waals surface area contributed by atoms with Gasteiger partial charge in [-0.3, -0.25) is 0 Å². The molecule has 3 aromatic rings. The lowest BCUT2D eigenvalue weighted by Gasteiger charge is -1.99. The van der Waals surface area contributed by atoms with Crippen LogP contribution in [-0.4, -0.2) is 11.1 Å². The van der Waals surface area contributed by atoms with Crippen LogP contribution in [0.5, 0.6) is 0 Å². The van der Waals surface area contributed by atoms with Crippen molar-refractivity contribution in [3.63, 3.8) is 0 Å². The lowest BCUT2D eigenvalue weighted by molar-refractivity contribution is 0.0699. The smallest absolute Gasteiger partial charge is 0.340 e. The van der Waals surface area contributed by atoms with Gasteiger partial charge in [0.15, 0.2) is 0 Å². The van der Waals surface area contributed by atoms with Crippen LogP contribution >= 0.6 is 15.9 Å². The number of furan rings is 1. The number of hydrogen-bond donors (Lipinski definition) is 2. The van der Waals surface area contributed by atoms with Crippen LogP contribution in [0.25, 0.3) is 22.3 Å². The Morgan fingerprint density at radius 1 is 1.23 bits per heavy atom. The molecule has 0 saturated heterocycles. The number of carboxylic acid groups (broad SMARTS) is 1. The maximum Gasteiger partial charge on any atom is 0.340 e. The molecule has 0 spiro atoms. The predicted molar refractivity (Wildman–Crippen MR) is 87.4 cm³/mol. The van der Waals surface area contributed by atoms with Crippen LogP contribution in [0.2, 0.25) is 0 Å². The summed E-state index contributed by atoms with van der Waals surface area (Å²) < 4.78 is 19.2. The number of halogens is 2. The predicted octanol–water partition coefficient (Wildman–Crippen LogP) is 4.92. The minimum atomic E-state index is -1.12. The molecule has 2 aromatic carbocycles. The van der Waals surface area contributed by atoms with Gasteiger partial charge in [-0.05, 0) is 46.3 Å². The molecule has 0 saturated carbocycles. The van der Waals surface area contributed by atoms with Crippen LogP contribution in [-0.2, 0) is 0 Å². The van der Waals surface area contributed by atoms with E-state index < -0.39 is 11.8 Å². The van der Waals surface area contributed by atoms with Gasteiger partial charge >= 0.3 is 5.97 Å². The summed E-state index contributed by atoms with van der Waals surface area (Å²) in [4.78, 5) is 11.6. The average molecular weight is 366 g/mol. The number of carboxylic acids is 1. The van der Waals surface area contributed by atoms with Crippen molar-refractivity contribution < 1.29 is 18.7 Å². The molecule has 6 heteroatoms. The third-order valence-electron chi connectivity index (χ3n) is 3.13. The van der Waals surface area contributed by atoms with Crippen molar-refractivity contribution in [2.24, 2.45) is 0 Å². The molecule has 0 radical (unpaired) electrons. The molecule has 0 unspecified atom stereocenters. The first kappa shape index (κ1) is 16.0. The Bertz CT molecular complexity index is 856. The SMILES string of the molecule is C.Nc1cc2oc(-c3ccc(F)cc3)c(C(=O)O)c2cc1Br. The topological polar surface area (TPSA) is 76.5 Å². The van der Waals surface area contributed by atoms with Gasteiger partial charge in [0.2, 0.25) is 0 Å². The van der Waals surface area contributed by atoms with Gasteiger partial charge in [0.05, 0.1) is 0 Å². The Hall–Kier alpha value is -2.34. The van der Waals surface area contributed by atoms with Crippen LogP contribution in [0, 0.1) is 5.82 Å². The van der Waals surface area contributed by atoms with E-state index in [1.165, 1.54) is 24.3 Å². The van der Waals surface area contributed by atoms with E-state index in [-0.39, 0.29) is 18.8 Å². The second-order valence-corrected chi connectivity index (χ2v) is 5.34. The molecule has 3 rings (SSSR count). The molecule has 0 aliphatic heterocycles. The molecule has 0 atom stereocenters. The number of fused-ring (bicyclic) bond motifs is 1. The first-order valence-electron chi connectivity index (χ1n) is 5.98. The van der Waals surface area contributed by atoms with Crippen molar-refractivity contribution >= 4 is 38.6 Å². The molecular weight excluding hydrogens is 353 g/mol. The van der Waals surface area contributed by atoms with E-state index >= 15 is 0 Å². The number of aromatic carboxylic acids is 1. The second-order valence-electron chi connectivity index (χ2n) is 4.49. The highest BCUT2D eigenvalue weighted by Gasteiger charge is 2.22. The van der Waals surface area contributed by atoms with Gasteiger partial charge in [-0.25, -0.2) is 9.18 Å². The van der Waals surface area contributed by atoms with E-state index in [2.05, 4.69) is 15.9 Å². The average Bonchev–Trinajstić information content (AvgIpc) is 2.78. The van der Waals surface area contributed by atoms with Crippen molar-refractivity contribution in [1.82, 2.24) is 0 Å². The van der Waals surface area contributed by atoms with Crippen molar-refractivity contribution in [1.29, 1.82) is 0 Å². The summed E-state index contributed by atoms with van der Waals surface area (Å²) in [5.74, 6) is -1.35. The summed E-state index contributed by atoms with van der Waals surface area (Å²) in [6, 6.07) is 8.59. The third-order valence-corrected chi connectivity index (χ3v) is 3.81. The quantitative estimate of drug-likeness (QED) is 0.632. The van der Waals surface area contributed by atoms with Gasteiger partial charge in [0, 0.05) is 27.2 Å². The maximum absolute atomic E-state index is 13.0. The highest BCUT2D eigenvalue weighted by atomic mass is 79.9.